The lowest BCUT2D eigenvalue weighted by atomic mass is 9.93. The Labute approximate surface area is 127 Å². The van der Waals surface area contributed by atoms with Crippen LogP contribution in [0.5, 0.6) is 0 Å². The van der Waals surface area contributed by atoms with Crippen LogP contribution in [0.1, 0.15) is 27.0 Å². The molecule has 2 heterocycles. The van der Waals surface area contributed by atoms with Crippen LogP contribution < -0.4 is 16.0 Å². The van der Waals surface area contributed by atoms with Crippen molar-refractivity contribution in [1.29, 1.82) is 0 Å². The predicted octanol–water partition coefficient (Wildman–Crippen LogP) is 2.26. The van der Waals surface area contributed by atoms with Crippen molar-refractivity contribution in [3.63, 3.8) is 0 Å². The van der Waals surface area contributed by atoms with E-state index in [4.69, 9.17) is 0 Å². The van der Waals surface area contributed by atoms with Gasteiger partial charge in [-0.3, -0.25) is 9.59 Å². The molecule has 1 unspecified atom stereocenters. The monoisotopic (exact) mass is 293 g/mol. The van der Waals surface area contributed by atoms with Crippen LogP contribution >= 0.6 is 0 Å². The summed E-state index contributed by atoms with van der Waals surface area (Å²) in [5, 5.41) is 8.95. The van der Waals surface area contributed by atoms with Gasteiger partial charge < -0.3 is 16.0 Å². The van der Waals surface area contributed by atoms with E-state index in [1.54, 1.807) is 12.1 Å². The average Bonchev–Trinajstić information content (AvgIpc) is 2.73. The van der Waals surface area contributed by atoms with Gasteiger partial charge in [0.05, 0.1) is 11.3 Å². The summed E-state index contributed by atoms with van der Waals surface area (Å²) >= 11 is 0. The number of rotatable bonds is 0. The van der Waals surface area contributed by atoms with Gasteiger partial charge in [0.15, 0.2) is 0 Å². The SMILES string of the molecule is Cc1cc(C)c2c(c1)C1(NC(=O)c3ccccc3N1)C(=O)N2. The highest BCUT2D eigenvalue weighted by Gasteiger charge is 2.51. The molecule has 1 atom stereocenters. The molecule has 0 fully saturated rings. The number of aryl methyl sites for hydroxylation is 2. The molecule has 0 saturated heterocycles. The van der Waals surface area contributed by atoms with E-state index in [1.807, 2.05) is 38.1 Å². The molecule has 2 aliphatic heterocycles. The summed E-state index contributed by atoms with van der Waals surface area (Å²) in [5.41, 5.74) is 3.52. The molecule has 2 aromatic rings. The molecular formula is C17H15N3O2. The summed E-state index contributed by atoms with van der Waals surface area (Å²) in [7, 11) is 0. The van der Waals surface area contributed by atoms with Crippen molar-refractivity contribution >= 4 is 23.2 Å². The predicted molar refractivity (Wildman–Crippen MR) is 83.8 cm³/mol. The lowest BCUT2D eigenvalue weighted by molar-refractivity contribution is -0.120. The number of nitrogens with one attached hydrogen (secondary N) is 3. The third kappa shape index (κ3) is 1.53. The van der Waals surface area contributed by atoms with Gasteiger partial charge in [-0.2, -0.15) is 0 Å². The molecule has 1 spiro atoms. The van der Waals surface area contributed by atoms with Crippen molar-refractivity contribution in [1.82, 2.24) is 5.32 Å². The number of hydrogen-bond donors (Lipinski definition) is 3. The van der Waals surface area contributed by atoms with Gasteiger partial charge in [0.2, 0.25) is 5.66 Å². The van der Waals surface area contributed by atoms with Gasteiger partial charge in [0, 0.05) is 11.3 Å². The molecule has 3 N–H and O–H groups in total. The molecule has 2 aliphatic rings. The fraction of sp³-hybridized carbons (Fsp3) is 0.176. The van der Waals surface area contributed by atoms with Crippen LogP contribution in [0.25, 0.3) is 0 Å². The van der Waals surface area contributed by atoms with E-state index in [-0.39, 0.29) is 11.8 Å². The molecule has 2 amide bonds. The van der Waals surface area contributed by atoms with Crippen LogP contribution in [0, 0.1) is 13.8 Å². The number of para-hydroxylation sites is 1. The summed E-state index contributed by atoms with van der Waals surface area (Å²) in [6.45, 7) is 3.92. The minimum atomic E-state index is -1.24. The summed E-state index contributed by atoms with van der Waals surface area (Å²) in [6.07, 6.45) is 0. The first-order chi connectivity index (χ1) is 10.5. The number of carbonyl (C=O) groups is 2. The first kappa shape index (κ1) is 12.9. The van der Waals surface area contributed by atoms with Crippen LogP contribution in [0.4, 0.5) is 11.4 Å². The van der Waals surface area contributed by atoms with Gasteiger partial charge in [-0.1, -0.05) is 23.8 Å². The third-order valence-corrected chi connectivity index (χ3v) is 4.26. The first-order valence-corrected chi connectivity index (χ1v) is 7.14. The van der Waals surface area contributed by atoms with Gasteiger partial charge in [0.1, 0.15) is 0 Å². The number of anilines is 2. The highest BCUT2D eigenvalue weighted by Crippen LogP contribution is 2.41. The van der Waals surface area contributed by atoms with Crippen molar-refractivity contribution < 1.29 is 9.59 Å². The summed E-state index contributed by atoms with van der Waals surface area (Å²) in [6, 6.07) is 11.1. The number of amides is 2. The smallest absolute Gasteiger partial charge is 0.275 e. The van der Waals surface area contributed by atoms with Crippen molar-refractivity contribution in [3.05, 3.63) is 58.7 Å². The van der Waals surface area contributed by atoms with Crippen molar-refractivity contribution in [2.75, 3.05) is 10.6 Å². The third-order valence-electron chi connectivity index (χ3n) is 4.26. The van der Waals surface area contributed by atoms with Crippen LogP contribution in [-0.4, -0.2) is 11.8 Å². The zero-order chi connectivity index (χ0) is 15.5. The van der Waals surface area contributed by atoms with Crippen molar-refractivity contribution in [2.45, 2.75) is 19.5 Å². The van der Waals surface area contributed by atoms with E-state index >= 15 is 0 Å². The fourth-order valence-electron chi connectivity index (χ4n) is 3.27. The number of carbonyl (C=O) groups excluding carboxylic acids is 2. The molecule has 0 radical (unpaired) electrons. The van der Waals surface area contributed by atoms with Gasteiger partial charge in [-0.05, 0) is 37.6 Å². The summed E-state index contributed by atoms with van der Waals surface area (Å²) in [4.78, 5) is 25.1. The minimum Gasteiger partial charge on any atom is -0.350 e. The van der Waals surface area contributed by atoms with E-state index in [2.05, 4.69) is 16.0 Å². The zero-order valence-electron chi connectivity index (χ0n) is 12.3. The quantitative estimate of drug-likeness (QED) is 0.698. The molecule has 0 bridgehead atoms. The maximum atomic E-state index is 12.6. The Balaban J connectivity index is 1.95. The molecule has 0 aliphatic carbocycles. The van der Waals surface area contributed by atoms with E-state index in [0.717, 1.165) is 22.4 Å². The Bertz CT molecular complexity index is 844. The molecule has 5 nitrogen and oxygen atoms in total. The largest absolute Gasteiger partial charge is 0.350 e. The maximum absolute atomic E-state index is 12.6. The molecular weight excluding hydrogens is 278 g/mol. The Hall–Kier alpha value is -2.82. The second kappa shape index (κ2) is 4.10. The second-order valence-corrected chi connectivity index (χ2v) is 5.83. The summed E-state index contributed by atoms with van der Waals surface area (Å²) < 4.78 is 0. The standard InChI is InChI=1S/C17H15N3O2/c1-9-7-10(2)14-12(8-9)17(16(22)18-14)19-13-6-4-3-5-11(13)15(21)20-17/h3-8,19H,1-2H3,(H,18,22)(H,20,21). The topological polar surface area (TPSA) is 70.2 Å². The molecule has 22 heavy (non-hydrogen) atoms. The minimum absolute atomic E-state index is 0.253. The van der Waals surface area contributed by atoms with Crippen LogP contribution in [-0.2, 0) is 10.5 Å². The first-order valence-electron chi connectivity index (χ1n) is 7.14. The molecule has 4 rings (SSSR count). The molecule has 2 aromatic carbocycles. The van der Waals surface area contributed by atoms with E-state index < -0.39 is 5.66 Å². The Kier molecular flexibility index (Phi) is 2.40. The lowest BCUT2D eigenvalue weighted by Crippen LogP contribution is -2.59. The lowest BCUT2D eigenvalue weighted by Gasteiger charge is -2.35. The van der Waals surface area contributed by atoms with Crippen molar-refractivity contribution in [2.24, 2.45) is 0 Å². The van der Waals surface area contributed by atoms with E-state index in [9.17, 15) is 9.59 Å². The maximum Gasteiger partial charge on any atom is 0.275 e. The number of fused-ring (bicyclic) bond motifs is 3. The van der Waals surface area contributed by atoms with Crippen LogP contribution in [0.3, 0.4) is 0 Å². The van der Waals surface area contributed by atoms with Crippen LogP contribution in [0.2, 0.25) is 0 Å². The normalized spacial score (nSPS) is 21.7. The van der Waals surface area contributed by atoms with Gasteiger partial charge >= 0.3 is 0 Å². The Morgan fingerprint density at radius 2 is 1.77 bits per heavy atom. The highest BCUT2D eigenvalue weighted by atomic mass is 16.2. The molecule has 5 heteroatoms. The Morgan fingerprint density at radius 3 is 2.59 bits per heavy atom. The van der Waals surface area contributed by atoms with Gasteiger partial charge in [0.25, 0.3) is 11.8 Å². The summed E-state index contributed by atoms with van der Waals surface area (Å²) in [5.74, 6) is -0.518. The fourth-order valence-corrected chi connectivity index (χ4v) is 3.27. The van der Waals surface area contributed by atoms with E-state index in [0.29, 0.717) is 11.3 Å². The molecule has 0 saturated carbocycles. The number of hydrogen-bond acceptors (Lipinski definition) is 3. The molecule has 110 valence electrons. The number of benzene rings is 2. The highest BCUT2D eigenvalue weighted by molar-refractivity contribution is 6.14. The van der Waals surface area contributed by atoms with Crippen LogP contribution in [0.15, 0.2) is 36.4 Å². The van der Waals surface area contributed by atoms with E-state index in [1.165, 1.54) is 0 Å². The van der Waals surface area contributed by atoms with Gasteiger partial charge in [-0.15, -0.1) is 0 Å². The van der Waals surface area contributed by atoms with Gasteiger partial charge in [-0.25, -0.2) is 0 Å². The second-order valence-electron chi connectivity index (χ2n) is 5.83. The zero-order valence-corrected chi connectivity index (χ0v) is 12.3. The van der Waals surface area contributed by atoms with Crippen molar-refractivity contribution in [3.8, 4) is 0 Å². The average molecular weight is 293 g/mol. The Morgan fingerprint density at radius 1 is 1.00 bits per heavy atom. The molecule has 0 aromatic heterocycles.